The highest BCUT2D eigenvalue weighted by Gasteiger charge is 2.13. The molecule has 0 bridgehead atoms. The van der Waals surface area contributed by atoms with Crippen LogP contribution in [0.4, 0.5) is 5.69 Å². The van der Waals surface area contributed by atoms with Gasteiger partial charge in [-0.2, -0.15) is 0 Å². The molecule has 1 amide bonds. The Hall–Kier alpha value is -2.20. The van der Waals surface area contributed by atoms with Gasteiger partial charge >= 0.3 is 0 Å². The molecular formula is C15H14ClNO3. The van der Waals surface area contributed by atoms with Crippen LogP contribution in [0.5, 0.6) is 11.5 Å². The molecule has 0 fully saturated rings. The molecule has 0 aliphatic carbocycles. The molecule has 0 spiro atoms. The van der Waals surface area contributed by atoms with Crippen LogP contribution in [0.25, 0.3) is 0 Å². The Bertz CT molecular complexity index is 656. The van der Waals surface area contributed by atoms with Crippen molar-refractivity contribution in [3.05, 3.63) is 52.5 Å². The van der Waals surface area contributed by atoms with Crippen LogP contribution in [0, 0.1) is 6.92 Å². The van der Waals surface area contributed by atoms with Crippen molar-refractivity contribution in [3.63, 3.8) is 0 Å². The number of phenols is 1. The summed E-state index contributed by atoms with van der Waals surface area (Å²) in [5.41, 5.74) is 1.49. The van der Waals surface area contributed by atoms with Crippen LogP contribution in [0.15, 0.2) is 36.4 Å². The van der Waals surface area contributed by atoms with E-state index in [9.17, 15) is 9.90 Å². The first-order chi connectivity index (χ1) is 9.51. The van der Waals surface area contributed by atoms with Gasteiger partial charge in [0.25, 0.3) is 5.91 Å². The van der Waals surface area contributed by atoms with Gasteiger partial charge in [-0.05, 0) is 36.8 Å². The van der Waals surface area contributed by atoms with E-state index in [0.29, 0.717) is 16.5 Å². The number of hydrogen-bond acceptors (Lipinski definition) is 3. The first kappa shape index (κ1) is 14.2. The van der Waals surface area contributed by atoms with E-state index in [1.807, 2.05) is 6.92 Å². The number of carbonyl (C=O) groups is 1. The number of aryl methyl sites for hydroxylation is 1. The Balaban J connectivity index is 2.27. The van der Waals surface area contributed by atoms with E-state index in [4.69, 9.17) is 16.3 Å². The standard InChI is InChI=1S/C15H14ClNO3/c1-9-3-5-11(14(18)7-9)15(19)17-13-8-10(20-2)4-6-12(13)16/h3-8,18H,1-2H3,(H,17,19). The second kappa shape index (κ2) is 5.84. The van der Waals surface area contributed by atoms with Gasteiger partial charge in [-0.15, -0.1) is 0 Å². The van der Waals surface area contributed by atoms with Gasteiger partial charge in [-0.3, -0.25) is 4.79 Å². The maximum absolute atomic E-state index is 12.1. The molecule has 0 unspecified atom stereocenters. The van der Waals surface area contributed by atoms with Crippen molar-refractivity contribution in [2.24, 2.45) is 0 Å². The second-order valence-corrected chi connectivity index (χ2v) is 4.73. The fraction of sp³-hybridized carbons (Fsp3) is 0.133. The Morgan fingerprint density at radius 2 is 2.00 bits per heavy atom. The van der Waals surface area contributed by atoms with E-state index in [1.54, 1.807) is 30.3 Å². The lowest BCUT2D eigenvalue weighted by Crippen LogP contribution is -2.12. The van der Waals surface area contributed by atoms with Crippen molar-refractivity contribution in [1.82, 2.24) is 0 Å². The van der Waals surface area contributed by atoms with Crippen molar-refractivity contribution in [3.8, 4) is 11.5 Å². The number of amides is 1. The van der Waals surface area contributed by atoms with E-state index in [-0.39, 0.29) is 11.3 Å². The minimum absolute atomic E-state index is 0.0680. The number of phenolic OH excluding ortho intramolecular Hbond substituents is 1. The average Bonchev–Trinajstić information content (AvgIpc) is 2.41. The van der Waals surface area contributed by atoms with Gasteiger partial charge in [0.2, 0.25) is 0 Å². The van der Waals surface area contributed by atoms with E-state index in [0.717, 1.165) is 5.56 Å². The zero-order valence-corrected chi connectivity index (χ0v) is 11.9. The molecule has 0 heterocycles. The highest BCUT2D eigenvalue weighted by Crippen LogP contribution is 2.28. The van der Waals surface area contributed by atoms with E-state index in [2.05, 4.69) is 5.32 Å². The smallest absolute Gasteiger partial charge is 0.259 e. The molecule has 0 aromatic heterocycles. The Kier molecular flexibility index (Phi) is 4.15. The molecule has 104 valence electrons. The van der Waals surface area contributed by atoms with E-state index >= 15 is 0 Å². The molecule has 2 aromatic carbocycles. The van der Waals surface area contributed by atoms with Crippen LogP contribution in [-0.2, 0) is 0 Å². The largest absolute Gasteiger partial charge is 0.507 e. The quantitative estimate of drug-likeness (QED) is 0.908. The summed E-state index contributed by atoms with van der Waals surface area (Å²) in [7, 11) is 1.53. The molecule has 2 N–H and O–H groups in total. The number of hydrogen-bond donors (Lipinski definition) is 2. The number of methoxy groups -OCH3 is 1. The summed E-state index contributed by atoms with van der Waals surface area (Å²) in [5.74, 6) is 0.0806. The van der Waals surface area contributed by atoms with Gasteiger partial charge in [0.15, 0.2) is 0 Å². The zero-order valence-electron chi connectivity index (χ0n) is 11.1. The summed E-state index contributed by atoms with van der Waals surface area (Å²) in [6, 6.07) is 9.79. The zero-order chi connectivity index (χ0) is 14.7. The third-order valence-electron chi connectivity index (χ3n) is 2.82. The molecule has 2 aromatic rings. The molecule has 0 saturated carbocycles. The number of ether oxygens (including phenoxy) is 1. The highest BCUT2D eigenvalue weighted by molar-refractivity contribution is 6.34. The van der Waals surface area contributed by atoms with Crippen LogP contribution in [0.2, 0.25) is 5.02 Å². The van der Waals surface area contributed by atoms with Gasteiger partial charge in [0, 0.05) is 6.07 Å². The van der Waals surface area contributed by atoms with Gasteiger partial charge in [-0.1, -0.05) is 17.7 Å². The van der Waals surface area contributed by atoms with Crippen molar-refractivity contribution in [2.45, 2.75) is 6.92 Å². The first-order valence-electron chi connectivity index (χ1n) is 5.96. The van der Waals surface area contributed by atoms with E-state index < -0.39 is 5.91 Å². The SMILES string of the molecule is COc1ccc(Cl)c(NC(=O)c2ccc(C)cc2O)c1. The Labute approximate surface area is 122 Å². The molecule has 0 radical (unpaired) electrons. The lowest BCUT2D eigenvalue weighted by molar-refractivity contribution is 0.102. The highest BCUT2D eigenvalue weighted by atomic mass is 35.5. The summed E-state index contributed by atoms with van der Waals surface area (Å²) < 4.78 is 5.08. The number of nitrogens with one attached hydrogen (secondary N) is 1. The predicted molar refractivity (Wildman–Crippen MR) is 78.8 cm³/mol. The molecule has 0 aliphatic rings. The summed E-state index contributed by atoms with van der Waals surface area (Å²) in [5, 5.41) is 12.8. The fourth-order valence-electron chi connectivity index (χ4n) is 1.75. The molecular weight excluding hydrogens is 278 g/mol. The number of aromatic hydroxyl groups is 1. The summed E-state index contributed by atoms with van der Waals surface area (Å²) in [6.45, 7) is 1.83. The number of rotatable bonds is 3. The Morgan fingerprint density at radius 1 is 1.25 bits per heavy atom. The molecule has 5 heteroatoms. The number of anilines is 1. The third kappa shape index (κ3) is 3.03. The van der Waals surface area contributed by atoms with E-state index in [1.165, 1.54) is 13.2 Å². The van der Waals surface area contributed by atoms with Gasteiger partial charge in [-0.25, -0.2) is 0 Å². The summed E-state index contributed by atoms with van der Waals surface area (Å²) in [4.78, 5) is 12.1. The molecule has 20 heavy (non-hydrogen) atoms. The molecule has 4 nitrogen and oxygen atoms in total. The summed E-state index contributed by atoms with van der Waals surface area (Å²) in [6.07, 6.45) is 0. The molecule has 0 atom stereocenters. The minimum Gasteiger partial charge on any atom is -0.507 e. The second-order valence-electron chi connectivity index (χ2n) is 4.32. The molecule has 2 rings (SSSR count). The topological polar surface area (TPSA) is 58.6 Å². The van der Waals surface area contributed by atoms with Gasteiger partial charge in [0.1, 0.15) is 11.5 Å². The maximum atomic E-state index is 12.1. The van der Waals surface area contributed by atoms with Gasteiger partial charge < -0.3 is 15.2 Å². The summed E-state index contributed by atoms with van der Waals surface area (Å²) >= 11 is 6.02. The van der Waals surface area contributed by atoms with Crippen LogP contribution in [-0.4, -0.2) is 18.1 Å². The van der Waals surface area contributed by atoms with Crippen molar-refractivity contribution >= 4 is 23.2 Å². The number of halogens is 1. The van der Waals surface area contributed by atoms with Crippen molar-refractivity contribution in [2.75, 3.05) is 12.4 Å². The number of carbonyl (C=O) groups excluding carboxylic acids is 1. The van der Waals surface area contributed by atoms with Crippen LogP contribution in [0.3, 0.4) is 0 Å². The van der Waals surface area contributed by atoms with Crippen LogP contribution in [0.1, 0.15) is 15.9 Å². The molecule has 0 aliphatic heterocycles. The maximum Gasteiger partial charge on any atom is 0.259 e. The third-order valence-corrected chi connectivity index (χ3v) is 3.15. The van der Waals surface area contributed by atoms with Crippen LogP contribution >= 0.6 is 11.6 Å². The number of benzene rings is 2. The lowest BCUT2D eigenvalue weighted by atomic mass is 10.1. The molecule has 0 saturated heterocycles. The van der Waals surface area contributed by atoms with Crippen molar-refractivity contribution < 1.29 is 14.6 Å². The fourth-order valence-corrected chi connectivity index (χ4v) is 1.92. The predicted octanol–water partition coefficient (Wildman–Crippen LogP) is 3.61. The lowest BCUT2D eigenvalue weighted by Gasteiger charge is -2.10. The van der Waals surface area contributed by atoms with Gasteiger partial charge in [0.05, 0.1) is 23.4 Å². The minimum atomic E-state index is -0.433. The monoisotopic (exact) mass is 291 g/mol. The van der Waals surface area contributed by atoms with Crippen molar-refractivity contribution in [1.29, 1.82) is 0 Å². The average molecular weight is 292 g/mol. The first-order valence-corrected chi connectivity index (χ1v) is 6.33. The Morgan fingerprint density at radius 3 is 2.65 bits per heavy atom. The van der Waals surface area contributed by atoms with Crippen LogP contribution < -0.4 is 10.1 Å². The normalized spacial score (nSPS) is 10.2.